The maximum absolute atomic E-state index is 12.8. The first-order valence-electron chi connectivity index (χ1n) is 9.35. The molecule has 2 heterocycles. The molecule has 1 aromatic carbocycles. The van der Waals surface area contributed by atoms with E-state index in [4.69, 9.17) is 15.7 Å². The second-order valence-electron chi connectivity index (χ2n) is 7.11. The number of nitrogen functional groups attached to an aromatic ring is 1. The zero-order chi connectivity index (χ0) is 18.7. The van der Waals surface area contributed by atoms with Gasteiger partial charge in [-0.3, -0.25) is 4.79 Å². The monoisotopic (exact) mass is 353 g/mol. The number of benzene rings is 1. The Bertz CT molecular complexity index is 929. The van der Waals surface area contributed by atoms with E-state index < -0.39 is 0 Å². The van der Waals surface area contributed by atoms with Crippen molar-refractivity contribution in [2.45, 2.75) is 46.6 Å². The van der Waals surface area contributed by atoms with Crippen molar-refractivity contribution in [3.8, 4) is 0 Å². The Kier molecular flexibility index (Phi) is 5.40. The number of hydrogen-bond acceptors (Lipinski definition) is 4. The number of nitrogens with one attached hydrogen (secondary N) is 1. The number of rotatable bonds is 7. The van der Waals surface area contributed by atoms with Crippen molar-refractivity contribution in [2.75, 3.05) is 12.3 Å². The maximum Gasteiger partial charge on any atom is 0.257 e. The molecular weight excluding hydrogens is 326 g/mol. The highest BCUT2D eigenvalue weighted by Gasteiger charge is 2.24. The number of amides is 1. The molecule has 0 aliphatic rings. The van der Waals surface area contributed by atoms with Crippen LogP contribution in [0.2, 0.25) is 0 Å². The first-order valence-corrected chi connectivity index (χ1v) is 9.35. The van der Waals surface area contributed by atoms with Gasteiger partial charge in [-0.25, -0.2) is 9.97 Å². The summed E-state index contributed by atoms with van der Waals surface area (Å²) in [6, 6.07) is 7.68. The molecule has 26 heavy (non-hydrogen) atoms. The highest BCUT2D eigenvalue weighted by atomic mass is 16.1. The van der Waals surface area contributed by atoms with E-state index in [1.54, 1.807) is 0 Å². The Morgan fingerprint density at radius 1 is 1.19 bits per heavy atom. The van der Waals surface area contributed by atoms with Crippen molar-refractivity contribution in [2.24, 2.45) is 5.92 Å². The van der Waals surface area contributed by atoms with Gasteiger partial charge in [-0.2, -0.15) is 0 Å². The molecule has 3 N–H and O–H groups in total. The van der Waals surface area contributed by atoms with E-state index in [1.165, 1.54) is 0 Å². The Balaban J connectivity index is 2.09. The number of hydrogen-bond donors (Lipinski definition) is 2. The number of carbonyl (C=O) groups is 1. The van der Waals surface area contributed by atoms with E-state index in [-0.39, 0.29) is 5.91 Å². The molecule has 6 heteroatoms. The molecule has 1 amide bonds. The second-order valence-corrected chi connectivity index (χ2v) is 7.11. The van der Waals surface area contributed by atoms with Gasteiger partial charge in [0.1, 0.15) is 16.9 Å². The van der Waals surface area contributed by atoms with Crippen LogP contribution in [0.5, 0.6) is 0 Å². The van der Waals surface area contributed by atoms with Crippen LogP contribution in [0.15, 0.2) is 24.3 Å². The number of anilines is 1. The van der Waals surface area contributed by atoms with Crippen LogP contribution in [0.4, 0.5) is 5.82 Å². The maximum atomic E-state index is 12.8. The van der Waals surface area contributed by atoms with E-state index in [1.807, 2.05) is 28.8 Å². The van der Waals surface area contributed by atoms with Crippen LogP contribution in [0, 0.1) is 5.92 Å². The molecule has 0 spiro atoms. The average Bonchev–Trinajstić information content (AvgIpc) is 2.87. The minimum atomic E-state index is -0.171. The second kappa shape index (κ2) is 7.72. The van der Waals surface area contributed by atoms with E-state index in [0.717, 1.165) is 30.3 Å². The topological polar surface area (TPSA) is 85.8 Å². The number of aromatic nitrogens is 3. The Morgan fingerprint density at radius 3 is 2.54 bits per heavy atom. The first-order chi connectivity index (χ1) is 12.5. The summed E-state index contributed by atoms with van der Waals surface area (Å²) in [7, 11) is 0. The van der Waals surface area contributed by atoms with Crippen LogP contribution in [0.1, 0.15) is 50.4 Å². The molecule has 0 bridgehead atoms. The van der Waals surface area contributed by atoms with Crippen molar-refractivity contribution in [3.63, 3.8) is 0 Å². The van der Waals surface area contributed by atoms with Crippen molar-refractivity contribution in [3.05, 3.63) is 29.8 Å². The van der Waals surface area contributed by atoms with Crippen molar-refractivity contribution < 1.29 is 4.79 Å². The largest absolute Gasteiger partial charge is 0.384 e. The van der Waals surface area contributed by atoms with Gasteiger partial charge in [0.05, 0.1) is 11.0 Å². The zero-order valence-corrected chi connectivity index (χ0v) is 15.7. The molecule has 138 valence electrons. The van der Waals surface area contributed by atoms with Crippen molar-refractivity contribution in [1.82, 2.24) is 19.9 Å². The first kappa shape index (κ1) is 18.2. The molecule has 0 atom stereocenters. The Labute approximate surface area is 153 Å². The minimum absolute atomic E-state index is 0.171. The smallest absolute Gasteiger partial charge is 0.257 e. The quantitative estimate of drug-likeness (QED) is 0.634. The molecule has 3 rings (SSSR count). The lowest BCUT2D eigenvalue weighted by Crippen LogP contribution is -2.25. The molecule has 0 saturated heterocycles. The van der Waals surface area contributed by atoms with Gasteiger partial charge in [0.25, 0.3) is 5.91 Å². The number of unbranched alkanes of at least 4 members (excludes halogenated alkanes) is 2. The number of para-hydroxylation sites is 2. The number of carbonyl (C=O) groups excluding carboxylic acids is 1. The molecule has 0 aliphatic heterocycles. The predicted octanol–water partition coefficient (Wildman–Crippen LogP) is 3.74. The summed E-state index contributed by atoms with van der Waals surface area (Å²) in [5.41, 5.74) is 9.64. The molecule has 0 fully saturated rings. The van der Waals surface area contributed by atoms with Crippen molar-refractivity contribution in [1.29, 1.82) is 0 Å². The minimum Gasteiger partial charge on any atom is -0.384 e. The Hall–Kier alpha value is -2.63. The van der Waals surface area contributed by atoms with Crippen LogP contribution in [-0.4, -0.2) is 27.0 Å². The van der Waals surface area contributed by atoms with Gasteiger partial charge >= 0.3 is 0 Å². The van der Waals surface area contributed by atoms with Gasteiger partial charge in [0.15, 0.2) is 5.65 Å². The van der Waals surface area contributed by atoms with Gasteiger partial charge in [-0.15, -0.1) is 0 Å². The molecular formula is C20H27N5O. The summed E-state index contributed by atoms with van der Waals surface area (Å²) in [4.78, 5) is 22.3. The highest BCUT2D eigenvalue weighted by Crippen LogP contribution is 2.28. The lowest BCUT2D eigenvalue weighted by molar-refractivity contribution is 0.0955. The Morgan fingerprint density at radius 2 is 1.88 bits per heavy atom. The fourth-order valence-electron chi connectivity index (χ4n) is 3.16. The van der Waals surface area contributed by atoms with Gasteiger partial charge < -0.3 is 15.6 Å². The number of nitrogens with zero attached hydrogens (tertiary/aromatic N) is 3. The number of nitrogens with two attached hydrogens (primary N) is 1. The third-order valence-electron chi connectivity index (χ3n) is 4.43. The van der Waals surface area contributed by atoms with Crippen LogP contribution < -0.4 is 11.1 Å². The van der Waals surface area contributed by atoms with Crippen LogP contribution in [0.25, 0.3) is 22.2 Å². The lowest BCUT2D eigenvalue weighted by Gasteiger charge is -2.10. The fourth-order valence-corrected chi connectivity index (χ4v) is 3.16. The molecule has 0 radical (unpaired) electrons. The molecule has 3 aromatic rings. The van der Waals surface area contributed by atoms with Crippen molar-refractivity contribution >= 4 is 33.9 Å². The van der Waals surface area contributed by atoms with Gasteiger partial charge in [-0.1, -0.05) is 45.7 Å². The van der Waals surface area contributed by atoms with Gasteiger partial charge in [0.2, 0.25) is 0 Å². The highest BCUT2D eigenvalue weighted by molar-refractivity contribution is 6.10. The van der Waals surface area contributed by atoms with Gasteiger partial charge in [-0.05, 0) is 24.5 Å². The summed E-state index contributed by atoms with van der Waals surface area (Å²) in [5, 5.41) is 2.98. The predicted molar refractivity (Wildman–Crippen MR) is 106 cm³/mol. The summed E-state index contributed by atoms with van der Waals surface area (Å²) < 4.78 is 1.92. The molecule has 0 saturated carbocycles. The van der Waals surface area contributed by atoms with Gasteiger partial charge in [0, 0.05) is 13.1 Å². The third-order valence-corrected chi connectivity index (χ3v) is 4.43. The van der Waals surface area contributed by atoms with E-state index in [2.05, 4.69) is 26.1 Å². The standard InChI is InChI=1S/C20H27N5O/c1-4-5-8-11-22-20(26)16-17-19(25(18(16)21)12-13(2)3)24-15-10-7-6-9-14(15)23-17/h6-7,9-10,13H,4-5,8,11-12,21H2,1-3H3,(H,22,26). The summed E-state index contributed by atoms with van der Waals surface area (Å²) >= 11 is 0. The van der Waals surface area contributed by atoms with Crippen LogP contribution >= 0.6 is 0 Å². The average molecular weight is 353 g/mol. The third kappa shape index (κ3) is 3.49. The van der Waals surface area contributed by atoms with E-state index in [0.29, 0.717) is 41.6 Å². The number of fused-ring (bicyclic) bond motifs is 2. The van der Waals surface area contributed by atoms with E-state index in [9.17, 15) is 4.79 Å². The molecule has 6 nitrogen and oxygen atoms in total. The zero-order valence-electron chi connectivity index (χ0n) is 15.7. The fraction of sp³-hybridized carbons (Fsp3) is 0.450. The lowest BCUT2D eigenvalue weighted by atomic mass is 10.2. The van der Waals surface area contributed by atoms with Crippen LogP contribution in [-0.2, 0) is 6.54 Å². The van der Waals surface area contributed by atoms with E-state index >= 15 is 0 Å². The SMILES string of the molecule is CCCCCNC(=O)c1c(N)n(CC(C)C)c2nc3ccccc3nc12. The molecule has 0 aliphatic carbocycles. The summed E-state index contributed by atoms with van der Waals surface area (Å²) in [6.45, 7) is 7.71. The normalized spacial score (nSPS) is 11.5. The van der Waals surface area contributed by atoms with Crippen LogP contribution in [0.3, 0.4) is 0 Å². The summed E-state index contributed by atoms with van der Waals surface area (Å²) in [6.07, 6.45) is 3.17. The summed E-state index contributed by atoms with van der Waals surface area (Å²) in [5.74, 6) is 0.648. The molecule has 0 unspecified atom stereocenters. The molecule has 2 aromatic heterocycles.